The first-order chi connectivity index (χ1) is 11.3. The average Bonchev–Trinajstić information content (AvgIpc) is 2.87. The molecule has 2 heterocycles. The van der Waals surface area contributed by atoms with E-state index in [-0.39, 0.29) is 11.8 Å². The fraction of sp³-hybridized carbons (Fsp3) is 0.556. The Bertz CT molecular complexity index is 541. The number of nitrogens with zero attached hydrogens (tertiary/aromatic N) is 2. The van der Waals surface area contributed by atoms with E-state index in [1.54, 1.807) is 4.90 Å². The van der Waals surface area contributed by atoms with E-state index in [9.17, 15) is 9.59 Å². The Hall–Kier alpha value is -1.49. The van der Waals surface area contributed by atoms with Crippen LogP contribution in [-0.2, 0) is 9.59 Å². The first kappa shape index (κ1) is 16.4. The average molecular weight is 332 g/mol. The smallest absolute Gasteiger partial charge is 0.250 e. The Kier molecular flexibility index (Phi) is 5.60. The number of carbonyl (C=O) groups is 2. The van der Waals surface area contributed by atoms with E-state index in [2.05, 4.69) is 0 Å². The number of rotatable bonds is 3. The fourth-order valence-electron chi connectivity index (χ4n) is 3.33. The Balaban J connectivity index is 1.87. The van der Waals surface area contributed by atoms with Crippen molar-refractivity contribution in [3.8, 4) is 0 Å². The van der Waals surface area contributed by atoms with Crippen molar-refractivity contribution in [2.75, 3.05) is 31.1 Å². The van der Waals surface area contributed by atoms with Crippen LogP contribution in [0.25, 0.3) is 0 Å². The monoisotopic (exact) mass is 332 g/mol. The molecule has 0 unspecified atom stereocenters. The van der Waals surface area contributed by atoms with Crippen LogP contribution in [0.4, 0.5) is 0 Å². The molecule has 0 saturated carbocycles. The van der Waals surface area contributed by atoms with Crippen molar-refractivity contribution < 1.29 is 9.59 Å². The van der Waals surface area contributed by atoms with Crippen LogP contribution in [0, 0.1) is 0 Å². The van der Waals surface area contributed by atoms with Gasteiger partial charge >= 0.3 is 0 Å². The number of benzene rings is 1. The third-order valence-electron chi connectivity index (χ3n) is 4.55. The summed E-state index contributed by atoms with van der Waals surface area (Å²) in [5.41, 5.74) is 0.935. The molecule has 2 amide bonds. The van der Waals surface area contributed by atoms with Crippen LogP contribution in [0.3, 0.4) is 0 Å². The van der Waals surface area contributed by atoms with Crippen molar-refractivity contribution in [2.24, 2.45) is 0 Å². The van der Waals surface area contributed by atoms with Crippen LogP contribution in [0.5, 0.6) is 0 Å². The summed E-state index contributed by atoms with van der Waals surface area (Å²) in [7, 11) is 0. The highest BCUT2D eigenvalue weighted by molar-refractivity contribution is 7.99. The van der Waals surface area contributed by atoms with Crippen molar-refractivity contribution >= 4 is 23.6 Å². The van der Waals surface area contributed by atoms with E-state index < -0.39 is 6.04 Å². The minimum absolute atomic E-state index is 0.0916. The summed E-state index contributed by atoms with van der Waals surface area (Å²) in [5, 5.41) is 0. The Morgan fingerprint density at radius 2 is 1.83 bits per heavy atom. The molecule has 1 atom stereocenters. The molecular weight excluding hydrogens is 308 g/mol. The van der Waals surface area contributed by atoms with E-state index >= 15 is 0 Å². The molecule has 124 valence electrons. The molecule has 3 rings (SSSR count). The van der Waals surface area contributed by atoms with Crippen molar-refractivity contribution in [3.05, 3.63) is 35.9 Å². The lowest BCUT2D eigenvalue weighted by Gasteiger charge is -2.36. The molecule has 2 aliphatic heterocycles. The molecule has 0 radical (unpaired) electrons. The lowest BCUT2D eigenvalue weighted by molar-refractivity contribution is -0.147. The lowest BCUT2D eigenvalue weighted by Crippen LogP contribution is -2.47. The molecular formula is C18H24N2O2S. The Morgan fingerprint density at radius 3 is 2.61 bits per heavy atom. The van der Waals surface area contributed by atoms with E-state index in [0.717, 1.165) is 49.4 Å². The van der Waals surface area contributed by atoms with Crippen LogP contribution in [0.1, 0.15) is 37.3 Å². The summed E-state index contributed by atoms with van der Waals surface area (Å²) in [5.74, 6) is 2.31. The molecule has 5 heteroatoms. The largest absolute Gasteiger partial charge is 0.340 e. The third-order valence-corrected chi connectivity index (χ3v) is 5.60. The molecule has 4 nitrogen and oxygen atoms in total. The molecule has 0 bridgehead atoms. The summed E-state index contributed by atoms with van der Waals surface area (Å²) in [6, 6.07) is 9.33. The van der Waals surface area contributed by atoms with Crippen molar-refractivity contribution in [2.45, 2.75) is 31.7 Å². The second-order valence-corrected chi connectivity index (χ2v) is 7.37. The van der Waals surface area contributed by atoms with Gasteiger partial charge in [0.1, 0.15) is 6.04 Å². The van der Waals surface area contributed by atoms with E-state index in [0.29, 0.717) is 13.0 Å². The van der Waals surface area contributed by atoms with E-state index in [4.69, 9.17) is 0 Å². The lowest BCUT2D eigenvalue weighted by atomic mass is 10.00. The maximum atomic E-state index is 13.2. The highest BCUT2D eigenvalue weighted by Crippen LogP contribution is 2.28. The number of carbonyl (C=O) groups excluding carboxylic acids is 2. The molecule has 2 saturated heterocycles. The second-order valence-electron chi connectivity index (χ2n) is 6.15. The molecule has 0 N–H and O–H groups in total. The van der Waals surface area contributed by atoms with Gasteiger partial charge in [0.25, 0.3) is 0 Å². The number of likely N-dealkylation sites (tertiary alicyclic amines) is 1. The number of amides is 2. The predicted octanol–water partition coefficient (Wildman–Crippen LogP) is 2.71. The predicted molar refractivity (Wildman–Crippen MR) is 93.3 cm³/mol. The Labute approximate surface area is 142 Å². The van der Waals surface area contributed by atoms with Gasteiger partial charge in [0.2, 0.25) is 11.8 Å². The minimum Gasteiger partial charge on any atom is -0.340 e. The van der Waals surface area contributed by atoms with Gasteiger partial charge in [-0.15, -0.1) is 0 Å². The normalized spacial score (nSPS) is 21.0. The molecule has 2 aliphatic rings. The van der Waals surface area contributed by atoms with Gasteiger partial charge in [0.05, 0.1) is 0 Å². The van der Waals surface area contributed by atoms with Gasteiger partial charge in [0, 0.05) is 31.8 Å². The molecule has 0 spiro atoms. The standard InChI is InChI=1S/C18H24N2O2S/c21-16-9-4-5-11-20(16)17(15-7-2-1-3-8-15)18(22)19-10-6-13-23-14-12-19/h1-3,7-8,17H,4-6,9-14H2/t17-/m1/s1. The van der Waals surface area contributed by atoms with Crippen LogP contribution in [-0.4, -0.2) is 52.8 Å². The van der Waals surface area contributed by atoms with Crippen molar-refractivity contribution in [1.82, 2.24) is 9.80 Å². The second kappa shape index (κ2) is 7.86. The van der Waals surface area contributed by atoms with Gasteiger partial charge in [-0.2, -0.15) is 11.8 Å². The zero-order valence-electron chi connectivity index (χ0n) is 13.4. The van der Waals surface area contributed by atoms with Crippen LogP contribution in [0.15, 0.2) is 30.3 Å². The number of thioether (sulfide) groups is 1. The zero-order chi connectivity index (χ0) is 16.1. The Morgan fingerprint density at radius 1 is 1.00 bits per heavy atom. The fourth-order valence-corrected chi connectivity index (χ4v) is 4.22. The molecule has 0 aliphatic carbocycles. The number of piperidine rings is 1. The maximum Gasteiger partial charge on any atom is 0.250 e. The topological polar surface area (TPSA) is 40.6 Å². The maximum absolute atomic E-state index is 13.2. The summed E-state index contributed by atoms with van der Waals surface area (Å²) < 4.78 is 0. The van der Waals surface area contributed by atoms with Gasteiger partial charge in [-0.3, -0.25) is 9.59 Å². The molecule has 0 aromatic heterocycles. The minimum atomic E-state index is -0.452. The van der Waals surface area contributed by atoms with Crippen LogP contribution >= 0.6 is 11.8 Å². The van der Waals surface area contributed by atoms with E-state index in [1.807, 2.05) is 47.0 Å². The molecule has 1 aromatic carbocycles. The highest BCUT2D eigenvalue weighted by Gasteiger charge is 2.35. The van der Waals surface area contributed by atoms with Crippen molar-refractivity contribution in [1.29, 1.82) is 0 Å². The highest BCUT2D eigenvalue weighted by atomic mass is 32.2. The number of hydrogen-bond donors (Lipinski definition) is 0. The molecule has 23 heavy (non-hydrogen) atoms. The summed E-state index contributed by atoms with van der Waals surface area (Å²) in [6.45, 7) is 2.28. The SMILES string of the molecule is O=C([C@@H](c1ccccc1)N1CCCCC1=O)N1CCCSCC1. The molecule has 1 aromatic rings. The van der Waals surface area contributed by atoms with Gasteiger partial charge in [-0.25, -0.2) is 0 Å². The summed E-state index contributed by atoms with van der Waals surface area (Å²) in [6.07, 6.45) is 3.52. The van der Waals surface area contributed by atoms with Crippen LogP contribution in [0.2, 0.25) is 0 Å². The molecule has 2 fully saturated rings. The first-order valence-electron chi connectivity index (χ1n) is 8.48. The summed E-state index contributed by atoms with van der Waals surface area (Å²) >= 11 is 1.91. The van der Waals surface area contributed by atoms with Gasteiger partial charge in [-0.05, 0) is 30.6 Å². The van der Waals surface area contributed by atoms with Crippen molar-refractivity contribution in [3.63, 3.8) is 0 Å². The third kappa shape index (κ3) is 3.89. The first-order valence-corrected chi connectivity index (χ1v) is 9.64. The van der Waals surface area contributed by atoms with Crippen LogP contribution < -0.4 is 0 Å². The zero-order valence-corrected chi connectivity index (χ0v) is 14.3. The van der Waals surface area contributed by atoms with E-state index in [1.165, 1.54) is 0 Å². The quantitative estimate of drug-likeness (QED) is 0.854. The van der Waals surface area contributed by atoms with Gasteiger partial charge in [-0.1, -0.05) is 30.3 Å². The van der Waals surface area contributed by atoms with Gasteiger partial charge in [0.15, 0.2) is 0 Å². The summed E-state index contributed by atoms with van der Waals surface area (Å²) in [4.78, 5) is 29.4. The number of hydrogen-bond acceptors (Lipinski definition) is 3. The van der Waals surface area contributed by atoms with Gasteiger partial charge < -0.3 is 9.80 Å².